The fourth-order valence-corrected chi connectivity index (χ4v) is 3.45. The van der Waals surface area contributed by atoms with Crippen LogP contribution in [0.15, 0.2) is 11.5 Å². The number of carbonyl (C=O) groups is 2. The van der Waals surface area contributed by atoms with E-state index in [4.69, 9.17) is 9.47 Å². The Morgan fingerprint density at radius 2 is 1.33 bits per heavy atom. The van der Waals surface area contributed by atoms with Crippen molar-refractivity contribution in [3.8, 4) is 0 Å². The van der Waals surface area contributed by atoms with Crippen molar-refractivity contribution in [2.24, 2.45) is 0 Å². The Hall–Kier alpha value is -1.32. The van der Waals surface area contributed by atoms with E-state index in [0.717, 1.165) is 12.8 Å². The van der Waals surface area contributed by atoms with Crippen LogP contribution in [0.3, 0.4) is 0 Å². The molecule has 0 saturated heterocycles. The van der Waals surface area contributed by atoms with Crippen LogP contribution in [0.25, 0.3) is 0 Å². The van der Waals surface area contributed by atoms with Crippen LogP contribution in [0, 0.1) is 0 Å². The summed E-state index contributed by atoms with van der Waals surface area (Å²) >= 11 is 0. The maximum Gasteiger partial charge on any atom is 0.311 e. The third kappa shape index (κ3) is 9.97. The number of unbranched alkanes of at least 4 members (excludes halogenated alkanes) is 12. The van der Waals surface area contributed by atoms with Crippen LogP contribution in [-0.4, -0.2) is 17.9 Å². The molecule has 156 valence electrons. The number of hydrogen-bond acceptors (Lipinski definition) is 4. The number of esters is 1. The number of rotatable bonds is 16. The number of ketones is 1. The summed E-state index contributed by atoms with van der Waals surface area (Å²) in [6.45, 7) is 5.83. The van der Waals surface area contributed by atoms with Gasteiger partial charge in [-0.2, -0.15) is 0 Å². The second-order valence-electron chi connectivity index (χ2n) is 7.70. The van der Waals surface area contributed by atoms with Crippen LogP contribution >= 0.6 is 0 Å². The molecule has 0 aliphatic carbocycles. The minimum Gasteiger partial charge on any atom is -0.483 e. The second kappa shape index (κ2) is 14.7. The van der Waals surface area contributed by atoms with Gasteiger partial charge < -0.3 is 9.47 Å². The molecule has 0 aromatic heterocycles. The lowest BCUT2D eigenvalue weighted by Gasteiger charge is -2.05. The lowest BCUT2D eigenvalue weighted by Crippen LogP contribution is -2.16. The van der Waals surface area contributed by atoms with Gasteiger partial charge in [0.2, 0.25) is 11.5 Å². The molecule has 0 aromatic rings. The molecule has 0 spiro atoms. The van der Waals surface area contributed by atoms with Crippen LogP contribution in [0.2, 0.25) is 0 Å². The molecule has 1 unspecified atom stereocenters. The maximum absolute atomic E-state index is 11.9. The van der Waals surface area contributed by atoms with Gasteiger partial charge >= 0.3 is 5.97 Å². The Balaban J connectivity index is 1.96. The van der Waals surface area contributed by atoms with Crippen molar-refractivity contribution < 1.29 is 19.1 Å². The van der Waals surface area contributed by atoms with E-state index < -0.39 is 6.10 Å². The molecule has 0 bridgehead atoms. The summed E-state index contributed by atoms with van der Waals surface area (Å²) in [5, 5.41) is 0. The quantitative estimate of drug-likeness (QED) is 0.223. The Labute approximate surface area is 166 Å². The molecule has 0 N–H and O–H groups in total. The lowest BCUT2D eigenvalue weighted by atomic mass is 10.0. The number of carbonyl (C=O) groups excluding carboxylic acids is 2. The average Bonchev–Trinajstić information content (AvgIpc) is 2.93. The standard InChI is InChI=1S/C23H40O4/c1-4-6-7-8-9-10-11-12-13-14-15-16-17-18-21(24)27-23-20(5-2)26-19(3)22(23)25/h19H,4-18H2,1-3H3. The molecule has 0 amide bonds. The Kier molecular flexibility index (Phi) is 12.9. The van der Waals surface area contributed by atoms with Crippen molar-refractivity contribution in [1.29, 1.82) is 0 Å². The summed E-state index contributed by atoms with van der Waals surface area (Å²) in [6.07, 6.45) is 17.0. The first-order valence-corrected chi connectivity index (χ1v) is 11.2. The molecule has 1 rings (SSSR count). The monoisotopic (exact) mass is 380 g/mol. The fraction of sp³-hybridized carbons (Fsp3) is 0.826. The molecule has 0 aromatic carbocycles. The van der Waals surface area contributed by atoms with Crippen molar-refractivity contribution in [3.05, 3.63) is 11.5 Å². The molecule has 4 nitrogen and oxygen atoms in total. The zero-order chi connectivity index (χ0) is 19.9. The third-order valence-electron chi connectivity index (χ3n) is 5.19. The van der Waals surface area contributed by atoms with Gasteiger partial charge in [-0.15, -0.1) is 0 Å². The Bertz CT molecular complexity index is 467. The van der Waals surface area contributed by atoms with Crippen molar-refractivity contribution in [2.45, 2.75) is 123 Å². The zero-order valence-corrected chi connectivity index (χ0v) is 17.8. The molecule has 0 radical (unpaired) electrons. The first-order chi connectivity index (χ1) is 13.1. The van der Waals surface area contributed by atoms with Crippen LogP contribution in [-0.2, 0) is 19.1 Å². The van der Waals surface area contributed by atoms with Gasteiger partial charge in [-0.25, -0.2) is 0 Å². The summed E-state index contributed by atoms with van der Waals surface area (Å²) in [5.41, 5.74) is 0. The van der Waals surface area contributed by atoms with E-state index in [1.54, 1.807) is 6.92 Å². The number of allylic oxidation sites excluding steroid dienone is 1. The van der Waals surface area contributed by atoms with Gasteiger partial charge in [0.15, 0.2) is 6.10 Å². The predicted octanol–water partition coefficient (Wildman–Crippen LogP) is 6.62. The molecule has 1 heterocycles. The predicted molar refractivity (Wildman–Crippen MR) is 109 cm³/mol. The minimum absolute atomic E-state index is 0.129. The van der Waals surface area contributed by atoms with Gasteiger partial charge in [0, 0.05) is 12.8 Å². The highest BCUT2D eigenvalue weighted by Gasteiger charge is 2.33. The average molecular weight is 381 g/mol. The van der Waals surface area contributed by atoms with E-state index in [-0.39, 0.29) is 17.5 Å². The Morgan fingerprint density at radius 3 is 1.81 bits per heavy atom. The molecule has 0 saturated carbocycles. The largest absolute Gasteiger partial charge is 0.483 e. The zero-order valence-electron chi connectivity index (χ0n) is 17.8. The second-order valence-corrected chi connectivity index (χ2v) is 7.70. The SMILES string of the molecule is CCCCCCCCCCCCCCCC(=O)OC1=C(CC)OC(C)C1=O. The fourth-order valence-electron chi connectivity index (χ4n) is 3.45. The molecule has 1 atom stereocenters. The van der Waals surface area contributed by atoms with E-state index in [1.807, 2.05) is 6.92 Å². The van der Waals surface area contributed by atoms with Crippen molar-refractivity contribution >= 4 is 11.8 Å². The number of ether oxygens (including phenoxy) is 2. The molecule has 1 aliphatic heterocycles. The van der Waals surface area contributed by atoms with Gasteiger partial charge in [0.1, 0.15) is 5.76 Å². The van der Waals surface area contributed by atoms with Crippen molar-refractivity contribution in [3.63, 3.8) is 0 Å². The normalized spacial score (nSPS) is 16.7. The molecular formula is C23H40O4. The third-order valence-corrected chi connectivity index (χ3v) is 5.19. The van der Waals surface area contributed by atoms with Crippen LogP contribution in [0.4, 0.5) is 0 Å². The maximum atomic E-state index is 11.9. The van der Waals surface area contributed by atoms with Crippen molar-refractivity contribution in [2.75, 3.05) is 0 Å². The minimum atomic E-state index is -0.529. The highest BCUT2D eigenvalue weighted by Crippen LogP contribution is 2.25. The molecule has 0 fully saturated rings. The topological polar surface area (TPSA) is 52.6 Å². The van der Waals surface area contributed by atoms with Crippen LogP contribution in [0.5, 0.6) is 0 Å². The summed E-state index contributed by atoms with van der Waals surface area (Å²) in [7, 11) is 0. The Morgan fingerprint density at radius 1 is 0.852 bits per heavy atom. The lowest BCUT2D eigenvalue weighted by molar-refractivity contribution is -0.142. The molecule has 27 heavy (non-hydrogen) atoms. The number of hydrogen-bond donors (Lipinski definition) is 0. The van der Waals surface area contributed by atoms with E-state index >= 15 is 0 Å². The van der Waals surface area contributed by atoms with E-state index in [1.165, 1.54) is 70.6 Å². The van der Waals surface area contributed by atoms with Gasteiger partial charge in [-0.3, -0.25) is 9.59 Å². The van der Waals surface area contributed by atoms with Gasteiger partial charge in [0.25, 0.3) is 0 Å². The van der Waals surface area contributed by atoms with E-state index in [9.17, 15) is 9.59 Å². The molecule has 4 heteroatoms. The highest BCUT2D eigenvalue weighted by atomic mass is 16.6. The van der Waals surface area contributed by atoms with E-state index in [0.29, 0.717) is 18.6 Å². The number of Topliss-reactive ketones (excluding diaryl/α,β-unsaturated/α-hetero) is 1. The smallest absolute Gasteiger partial charge is 0.311 e. The first kappa shape index (κ1) is 23.7. The summed E-state index contributed by atoms with van der Waals surface area (Å²) in [6, 6.07) is 0. The van der Waals surface area contributed by atoms with Gasteiger partial charge in [-0.05, 0) is 13.3 Å². The van der Waals surface area contributed by atoms with Crippen LogP contribution in [0.1, 0.15) is 117 Å². The van der Waals surface area contributed by atoms with Gasteiger partial charge in [-0.1, -0.05) is 90.9 Å². The first-order valence-electron chi connectivity index (χ1n) is 11.2. The van der Waals surface area contributed by atoms with Gasteiger partial charge in [0.05, 0.1) is 0 Å². The van der Waals surface area contributed by atoms with Crippen molar-refractivity contribution in [1.82, 2.24) is 0 Å². The van der Waals surface area contributed by atoms with Crippen LogP contribution < -0.4 is 0 Å². The molecular weight excluding hydrogens is 340 g/mol. The highest BCUT2D eigenvalue weighted by molar-refractivity contribution is 6.00. The summed E-state index contributed by atoms with van der Waals surface area (Å²) < 4.78 is 10.7. The van der Waals surface area contributed by atoms with E-state index in [2.05, 4.69) is 6.92 Å². The molecule has 1 aliphatic rings. The summed E-state index contributed by atoms with van der Waals surface area (Å²) in [5.74, 6) is 0.103. The summed E-state index contributed by atoms with van der Waals surface area (Å²) in [4.78, 5) is 23.9.